The van der Waals surface area contributed by atoms with Crippen molar-refractivity contribution in [2.75, 3.05) is 5.32 Å². The Morgan fingerprint density at radius 3 is 2.59 bits per heavy atom. The predicted octanol–water partition coefficient (Wildman–Crippen LogP) is 3.10. The molecule has 0 spiro atoms. The van der Waals surface area contributed by atoms with Gasteiger partial charge in [0.2, 0.25) is 0 Å². The fraction of sp³-hybridized carbons (Fsp3) is 0.273. The van der Waals surface area contributed by atoms with Crippen molar-refractivity contribution in [3.05, 3.63) is 28.2 Å². The highest BCUT2D eigenvalue weighted by molar-refractivity contribution is 9.10. The van der Waals surface area contributed by atoms with Gasteiger partial charge in [-0.2, -0.15) is 0 Å². The molecule has 0 aliphatic rings. The number of amides is 1. The lowest BCUT2D eigenvalue weighted by Gasteiger charge is -2.12. The molecule has 5 nitrogen and oxygen atoms in total. The summed E-state index contributed by atoms with van der Waals surface area (Å²) in [6.45, 7) is 3.41. The van der Waals surface area contributed by atoms with Crippen LogP contribution in [0.25, 0.3) is 0 Å². The first kappa shape index (κ1) is 13.5. The monoisotopic (exact) mass is 301 g/mol. The molecule has 0 saturated carbocycles. The molecule has 17 heavy (non-hydrogen) atoms. The third kappa shape index (κ3) is 3.74. The minimum absolute atomic E-state index is 0.0000751. The number of anilines is 1. The van der Waals surface area contributed by atoms with Crippen molar-refractivity contribution in [3.8, 4) is 0 Å². The molecule has 0 radical (unpaired) electrons. The fourth-order valence-electron chi connectivity index (χ4n) is 1.18. The molecule has 0 aliphatic heterocycles. The summed E-state index contributed by atoms with van der Waals surface area (Å²) in [6.07, 6.45) is -0.958. The van der Waals surface area contributed by atoms with Gasteiger partial charge in [0.15, 0.2) is 0 Å². The third-order valence-electron chi connectivity index (χ3n) is 1.81. The van der Waals surface area contributed by atoms with E-state index in [0.29, 0.717) is 4.47 Å². The Morgan fingerprint density at radius 1 is 1.41 bits per heavy atom. The van der Waals surface area contributed by atoms with E-state index in [-0.39, 0.29) is 17.4 Å². The van der Waals surface area contributed by atoms with E-state index in [1.807, 2.05) is 0 Å². The van der Waals surface area contributed by atoms with Crippen LogP contribution in [-0.2, 0) is 4.74 Å². The molecule has 0 heterocycles. The second-order valence-electron chi connectivity index (χ2n) is 3.55. The topological polar surface area (TPSA) is 75.6 Å². The van der Waals surface area contributed by atoms with Crippen molar-refractivity contribution in [2.24, 2.45) is 0 Å². The molecule has 0 atom stereocenters. The van der Waals surface area contributed by atoms with E-state index in [1.54, 1.807) is 26.0 Å². The van der Waals surface area contributed by atoms with E-state index in [0.717, 1.165) is 0 Å². The van der Waals surface area contributed by atoms with Crippen LogP contribution in [0.4, 0.5) is 10.5 Å². The van der Waals surface area contributed by atoms with E-state index in [1.165, 1.54) is 6.07 Å². The van der Waals surface area contributed by atoms with Crippen molar-refractivity contribution < 1.29 is 19.4 Å². The number of carbonyl (C=O) groups is 2. The number of ether oxygens (including phenoxy) is 1. The lowest BCUT2D eigenvalue weighted by molar-refractivity contribution is 0.0698. The Morgan fingerprint density at radius 2 is 2.06 bits per heavy atom. The lowest BCUT2D eigenvalue weighted by atomic mass is 10.2. The first-order valence-electron chi connectivity index (χ1n) is 4.91. The van der Waals surface area contributed by atoms with Crippen LogP contribution in [0.1, 0.15) is 24.2 Å². The maximum Gasteiger partial charge on any atom is 0.411 e. The number of carbonyl (C=O) groups excluding carboxylic acids is 1. The second kappa shape index (κ2) is 5.67. The Labute approximate surface area is 107 Å². The highest BCUT2D eigenvalue weighted by Gasteiger charge is 2.16. The van der Waals surface area contributed by atoms with Crippen molar-refractivity contribution in [1.82, 2.24) is 0 Å². The molecule has 92 valence electrons. The molecule has 2 N–H and O–H groups in total. The van der Waals surface area contributed by atoms with E-state index in [4.69, 9.17) is 9.84 Å². The smallest absolute Gasteiger partial charge is 0.411 e. The number of nitrogens with one attached hydrogen (secondary N) is 1. The third-order valence-corrected chi connectivity index (χ3v) is 2.47. The number of benzene rings is 1. The van der Waals surface area contributed by atoms with Crippen LogP contribution >= 0.6 is 15.9 Å². The van der Waals surface area contributed by atoms with Crippen LogP contribution in [0, 0.1) is 0 Å². The van der Waals surface area contributed by atoms with Gasteiger partial charge in [-0.1, -0.05) is 6.07 Å². The van der Waals surface area contributed by atoms with E-state index in [2.05, 4.69) is 21.2 Å². The summed E-state index contributed by atoms with van der Waals surface area (Å²) in [5.74, 6) is -1.12. The summed E-state index contributed by atoms with van der Waals surface area (Å²) in [6, 6.07) is 4.61. The minimum Gasteiger partial charge on any atom is -0.478 e. The summed E-state index contributed by atoms with van der Waals surface area (Å²) in [5.41, 5.74) is 0.186. The van der Waals surface area contributed by atoms with Gasteiger partial charge in [0.1, 0.15) is 0 Å². The van der Waals surface area contributed by atoms with Crippen molar-refractivity contribution in [3.63, 3.8) is 0 Å². The summed E-state index contributed by atoms with van der Waals surface area (Å²) < 4.78 is 5.36. The van der Waals surface area contributed by atoms with Gasteiger partial charge in [-0.3, -0.25) is 5.32 Å². The molecule has 0 unspecified atom stereocenters. The van der Waals surface area contributed by atoms with Crippen LogP contribution < -0.4 is 5.32 Å². The van der Waals surface area contributed by atoms with E-state index >= 15 is 0 Å². The zero-order chi connectivity index (χ0) is 13.0. The molecule has 1 aromatic carbocycles. The summed E-state index contributed by atoms with van der Waals surface area (Å²) in [5, 5.41) is 11.4. The van der Waals surface area contributed by atoms with Gasteiger partial charge < -0.3 is 9.84 Å². The van der Waals surface area contributed by atoms with Crippen molar-refractivity contribution in [1.29, 1.82) is 0 Å². The molecule has 1 aromatic rings. The summed E-state index contributed by atoms with van der Waals surface area (Å²) in [7, 11) is 0. The van der Waals surface area contributed by atoms with Gasteiger partial charge >= 0.3 is 12.1 Å². The first-order chi connectivity index (χ1) is 7.91. The SMILES string of the molecule is CC(C)OC(=O)Nc1c(Br)cccc1C(=O)O. The largest absolute Gasteiger partial charge is 0.478 e. The van der Waals surface area contributed by atoms with Crippen molar-refractivity contribution >= 4 is 33.7 Å². The van der Waals surface area contributed by atoms with Crippen molar-refractivity contribution in [2.45, 2.75) is 20.0 Å². The molecule has 0 bridgehead atoms. The standard InChI is InChI=1S/C11H12BrNO4/c1-6(2)17-11(16)13-9-7(10(14)15)4-3-5-8(9)12/h3-6H,1-2H3,(H,13,16)(H,14,15). The van der Waals surface area contributed by atoms with Crippen LogP contribution in [0.3, 0.4) is 0 Å². The zero-order valence-electron chi connectivity index (χ0n) is 9.36. The number of hydrogen-bond acceptors (Lipinski definition) is 3. The maximum atomic E-state index is 11.4. The average molecular weight is 302 g/mol. The van der Waals surface area contributed by atoms with Crippen LogP contribution in [-0.4, -0.2) is 23.3 Å². The Bertz CT molecular complexity index is 445. The quantitative estimate of drug-likeness (QED) is 0.899. The number of rotatable bonds is 3. The lowest BCUT2D eigenvalue weighted by Crippen LogP contribution is -2.19. The van der Waals surface area contributed by atoms with Gasteiger partial charge in [-0.15, -0.1) is 0 Å². The molecule has 0 saturated heterocycles. The molecule has 0 fully saturated rings. The Balaban J connectivity index is 2.97. The maximum absolute atomic E-state index is 11.4. The first-order valence-corrected chi connectivity index (χ1v) is 5.70. The highest BCUT2D eigenvalue weighted by atomic mass is 79.9. The normalized spacial score (nSPS) is 10.1. The van der Waals surface area contributed by atoms with Gasteiger partial charge in [0, 0.05) is 4.47 Å². The van der Waals surface area contributed by atoms with Crippen LogP contribution in [0.2, 0.25) is 0 Å². The number of carboxylic acid groups (broad SMARTS) is 1. The molecule has 1 amide bonds. The second-order valence-corrected chi connectivity index (χ2v) is 4.40. The average Bonchev–Trinajstić information content (AvgIpc) is 2.19. The predicted molar refractivity (Wildman–Crippen MR) is 66.3 cm³/mol. The molecular weight excluding hydrogens is 290 g/mol. The molecule has 6 heteroatoms. The van der Waals surface area contributed by atoms with Crippen LogP contribution in [0.5, 0.6) is 0 Å². The highest BCUT2D eigenvalue weighted by Crippen LogP contribution is 2.26. The van der Waals surface area contributed by atoms with Gasteiger partial charge in [-0.05, 0) is 41.9 Å². The summed E-state index contributed by atoms with van der Waals surface area (Å²) >= 11 is 3.18. The van der Waals surface area contributed by atoms with E-state index < -0.39 is 12.1 Å². The fourth-order valence-corrected chi connectivity index (χ4v) is 1.64. The zero-order valence-corrected chi connectivity index (χ0v) is 10.9. The number of halogens is 1. The number of carboxylic acids is 1. The summed E-state index contributed by atoms with van der Waals surface area (Å²) in [4.78, 5) is 22.4. The van der Waals surface area contributed by atoms with Crippen LogP contribution in [0.15, 0.2) is 22.7 Å². The molecule has 0 aromatic heterocycles. The number of aromatic carboxylic acids is 1. The molecular formula is C11H12BrNO4. The Hall–Kier alpha value is -1.56. The number of para-hydroxylation sites is 1. The molecule has 1 rings (SSSR count). The van der Waals surface area contributed by atoms with Gasteiger partial charge in [0.05, 0.1) is 17.4 Å². The molecule has 0 aliphatic carbocycles. The van der Waals surface area contributed by atoms with Gasteiger partial charge in [0.25, 0.3) is 0 Å². The minimum atomic E-state index is -1.12. The van der Waals surface area contributed by atoms with Gasteiger partial charge in [-0.25, -0.2) is 9.59 Å². The van der Waals surface area contributed by atoms with E-state index in [9.17, 15) is 9.59 Å². The Kier molecular flexibility index (Phi) is 4.51. The number of hydrogen-bond donors (Lipinski definition) is 2.